The van der Waals surface area contributed by atoms with Gasteiger partial charge in [-0.15, -0.1) is 0 Å². The zero-order valence-electron chi connectivity index (χ0n) is 10.2. The van der Waals surface area contributed by atoms with Gasteiger partial charge in [0.05, 0.1) is 16.1 Å². The van der Waals surface area contributed by atoms with E-state index in [0.29, 0.717) is 9.92 Å². The summed E-state index contributed by atoms with van der Waals surface area (Å²) in [6.07, 6.45) is -3.70. The molecule has 0 spiro atoms. The van der Waals surface area contributed by atoms with Gasteiger partial charge in [0.25, 0.3) is 0 Å². The van der Waals surface area contributed by atoms with Crippen molar-refractivity contribution in [2.24, 2.45) is 0 Å². The summed E-state index contributed by atoms with van der Waals surface area (Å²) in [5, 5.41) is 9.34. The lowest BCUT2D eigenvalue weighted by Gasteiger charge is -2.07. The fraction of sp³-hybridized carbons (Fsp3) is 0.0769. The Labute approximate surface area is 126 Å². The van der Waals surface area contributed by atoms with E-state index < -0.39 is 17.7 Å². The molecular formula is C13H7ClF3NO2S. The van der Waals surface area contributed by atoms with Crippen LogP contribution in [0.5, 0.6) is 0 Å². The average Bonchev–Trinajstić information content (AvgIpc) is 2.40. The maximum Gasteiger partial charge on any atom is 0.417 e. The molecule has 0 amide bonds. The molecule has 0 aliphatic heterocycles. The molecule has 0 radical (unpaired) electrons. The van der Waals surface area contributed by atoms with Crippen molar-refractivity contribution in [1.82, 2.24) is 4.98 Å². The highest BCUT2D eigenvalue weighted by atomic mass is 35.5. The van der Waals surface area contributed by atoms with Crippen LogP contribution in [0.3, 0.4) is 0 Å². The Kier molecular flexibility index (Phi) is 4.43. The van der Waals surface area contributed by atoms with Gasteiger partial charge in [-0.3, -0.25) is 0 Å². The van der Waals surface area contributed by atoms with E-state index in [4.69, 9.17) is 16.7 Å². The number of halogens is 4. The van der Waals surface area contributed by atoms with Crippen molar-refractivity contribution < 1.29 is 23.1 Å². The van der Waals surface area contributed by atoms with Crippen molar-refractivity contribution in [3.8, 4) is 0 Å². The molecule has 0 atom stereocenters. The van der Waals surface area contributed by atoms with Gasteiger partial charge < -0.3 is 5.11 Å². The number of aromatic carboxylic acids is 1. The van der Waals surface area contributed by atoms with Crippen LogP contribution >= 0.6 is 23.4 Å². The number of alkyl halides is 3. The highest BCUT2D eigenvalue weighted by Crippen LogP contribution is 2.34. The van der Waals surface area contributed by atoms with Crippen LogP contribution in [0.1, 0.15) is 15.9 Å². The van der Waals surface area contributed by atoms with E-state index in [2.05, 4.69) is 4.98 Å². The van der Waals surface area contributed by atoms with Gasteiger partial charge in [0.15, 0.2) is 0 Å². The summed E-state index contributed by atoms with van der Waals surface area (Å²) in [5.41, 5.74) is -0.802. The third-order valence-electron chi connectivity index (χ3n) is 2.46. The second kappa shape index (κ2) is 5.95. The van der Waals surface area contributed by atoms with Gasteiger partial charge in [-0.25, -0.2) is 9.78 Å². The van der Waals surface area contributed by atoms with Crippen molar-refractivity contribution in [2.75, 3.05) is 0 Å². The first-order chi connectivity index (χ1) is 9.77. The fourth-order valence-electron chi connectivity index (χ4n) is 1.44. The Morgan fingerprint density at radius 2 is 1.95 bits per heavy atom. The van der Waals surface area contributed by atoms with E-state index in [1.807, 2.05) is 0 Å². The number of benzene rings is 1. The average molecular weight is 334 g/mol. The summed E-state index contributed by atoms with van der Waals surface area (Å²) in [6.45, 7) is 0. The Morgan fingerprint density at radius 3 is 2.43 bits per heavy atom. The van der Waals surface area contributed by atoms with Crippen molar-refractivity contribution in [3.63, 3.8) is 0 Å². The lowest BCUT2D eigenvalue weighted by molar-refractivity contribution is -0.137. The molecule has 2 aromatic rings. The van der Waals surface area contributed by atoms with E-state index in [1.54, 1.807) is 0 Å². The maximum absolute atomic E-state index is 12.4. The molecule has 8 heteroatoms. The van der Waals surface area contributed by atoms with Crippen LogP contribution in [-0.4, -0.2) is 16.1 Å². The van der Waals surface area contributed by atoms with E-state index in [0.717, 1.165) is 24.0 Å². The predicted octanol–water partition coefficient (Wildman–Crippen LogP) is 4.60. The number of nitrogens with zero attached hydrogens (tertiary/aromatic N) is 1. The van der Waals surface area contributed by atoms with E-state index in [-0.39, 0.29) is 10.6 Å². The molecular weight excluding hydrogens is 327 g/mol. The summed E-state index contributed by atoms with van der Waals surface area (Å²) in [4.78, 5) is 15.0. The standard InChI is InChI=1S/C13H7ClF3NO2S/c14-9-5-7(12(19)20)1-3-10(9)21-11-4-2-8(6-18-11)13(15,16)17/h1-6H,(H,19,20). The third kappa shape index (κ3) is 3.89. The molecule has 1 aromatic heterocycles. The monoisotopic (exact) mass is 333 g/mol. The number of carboxylic acids is 1. The summed E-state index contributed by atoms with van der Waals surface area (Å²) in [7, 11) is 0. The SMILES string of the molecule is O=C(O)c1ccc(Sc2ccc(C(F)(F)F)cn2)c(Cl)c1. The molecule has 0 saturated heterocycles. The molecule has 1 aromatic carbocycles. The second-order valence-corrected chi connectivity index (χ2v) is 5.40. The number of pyridine rings is 1. The van der Waals surface area contributed by atoms with Gasteiger partial charge in [0.1, 0.15) is 5.03 Å². The smallest absolute Gasteiger partial charge is 0.417 e. The van der Waals surface area contributed by atoms with Crippen LogP contribution in [0.2, 0.25) is 5.02 Å². The Balaban J connectivity index is 2.20. The maximum atomic E-state index is 12.4. The first-order valence-electron chi connectivity index (χ1n) is 5.51. The first kappa shape index (κ1) is 15.7. The van der Waals surface area contributed by atoms with Crippen molar-refractivity contribution >= 4 is 29.3 Å². The molecule has 21 heavy (non-hydrogen) atoms. The van der Waals surface area contributed by atoms with Gasteiger partial charge in [-0.1, -0.05) is 23.4 Å². The minimum absolute atomic E-state index is 0.0322. The molecule has 0 aliphatic carbocycles. The van der Waals surface area contributed by atoms with Crippen LogP contribution in [0.4, 0.5) is 13.2 Å². The first-order valence-corrected chi connectivity index (χ1v) is 6.71. The molecule has 1 heterocycles. The summed E-state index contributed by atoms with van der Waals surface area (Å²) in [6, 6.07) is 6.27. The fourth-order valence-corrected chi connectivity index (χ4v) is 2.49. The number of rotatable bonds is 3. The largest absolute Gasteiger partial charge is 0.478 e. The Bertz CT molecular complexity index is 674. The van der Waals surface area contributed by atoms with E-state index in [1.165, 1.54) is 24.3 Å². The Hall–Kier alpha value is -1.73. The molecule has 110 valence electrons. The lowest BCUT2D eigenvalue weighted by Crippen LogP contribution is -2.05. The quantitative estimate of drug-likeness (QED) is 0.891. The van der Waals surface area contributed by atoms with Crippen molar-refractivity contribution in [3.05, 3.63) is 52.7 Å². The highest BCUT2D eigenvalue weighted by molar-refractivity contribution is 7.99. The molecule has 0 fully saturated rings. The molecule has 0 bridgehead atoms. The van der Waals surface area contributed by atoms with Crippen molar-refractivity contribution in [2.45, 2.75) is 16.1 Å². The van der Waals surface area contributed by atoms with Gasteiger partial charge >= 0.3 is 12.1 Å². The minimum atomic E-state index is -4.43. The Morgan fingerprint density at radius 1 is 1.24 bits per heavy atom. The molecule has 0 unspecified atom stereocenters. The second-order valence-electron chi connectivity index (χ2n) is 3.94. The van der Waals surface area contributed by atoms with Gasteiger partial charge in [0, 0.05) is 11.1 Å². The summed E-state index contributed by atoms with van der Waals surface area (Å²) in [5.74, 6) is -1.11. The lowest BCUT2D eigenvalue weighted by atomic mass is 10.2. The van der Waals surface area contributed by atoms with Crippen molar-refractivity contribution in [1.29, 1.82) is 0 Å². The molecule has 0 saturated carbocycles. The normalized spacial score (nSPS) is 11.4. The predicted molar refractivity (Wildman–Crippen MR) is 71.8 cm³/mol. The summed E-state index contributed by atoms with van der Waals surface area (Å²) < 4.78 is 37.2. The van der Waals surface area contributed by atoms with Crippen LogP contribution in [0, 0.1) is 0 Å². The number of aromatic nitrogens is 1. The third-order valence-corrected chi connectivity index (χ3v) is 3.91. The molecule has 3 nitrogen and oxygen atoms in total. The minimum Gasteiger partial charge on any atom is -0.478 e. The molecule has 1 N–H and O–H groups in total. The molecule has 0 aliphatic rings. The van der Waals surface area contributed by atoms with Gasteiger partial charge in [-0.2, -0.15) is 13.2 Å². The number of hydrogen-bond acceptors (Lipinski definition) is 3. The number of carboxylic acid groups (broad SMARTS) is 1. The number of hydrogen-bond donors (Lipinski definition) is 1. The van der Waals surface area contributed by atoms with Crippen LogP contribution in [0.25, 0.3) is 0 Å². The highest BCUT2D eigenvalue weighted by Gasteiger charge is 2.30. The van der Waals surface area contributed by atoms with Crippen LogP contribution < -0.4 is 0 Å². The zero-order valence-corrected chi connectivity index (χ0v) is 11.8. The van der Waals surface area contributed by atoms with Crippen LogP contribution in [0.15, 0.2) is 46.5 Å². The van der Waals surface area contributed by atoms with Crippen LogP contribution in [-0.2, 0) is 6.18 Å². The van der Waals surface area contributed by atoms with Gasteiger partial charge in [0.2, 0.25) is 0 Å². The van der Waals surface area contributed by atoms with Gasteiger partial charge in [-0.05, 0) is 30.3 Å². The van der Waals surface area contributed by atoms with E-state index >= 15 is 0 Å². The van der Waals surface area contributed by atoms with E-state index in [9.17, 15) is 18.0 Å². The molecule has 2 rings (SSSR count). The summed E-state index contributed by atoms with van der Waals surface area (Å²) >= 11 is 6.99. The topological polar surface area (TPSA) is 50.2 Å². The number of carbonyl (C=O) groups is 1. The zero-order chi connectivity index (χ0) is 15.6.